The van der Waals surface area contributed by atoms with E-state index < -0.39 is 16.1 Å². The Bertz CT molecular complexity index is 621. The molecule has 1 aromatic rings. The van der Waals surface area contributed by atoms with Crippen molar-refractivity contribution >= 4 is 28.3 Å². The fraction of sp³-hybridized carbons (Fsp3) is 0.692. The molecule has 1 aliphatic heterocycles. The van der Waals surface area contributed by atoms with Crippen LogP contribution in [0.25, 0.3) is 0 Å². The van der Waals surface area contributed by atoms with Crippen LogP contribution in [0.2, 0.25) is 0 Å². The van der Waals surface area contributed by atoms with E-state index >= 15 is 0 Å². The van der Waals surface area contributed by atoms with Gasteiger partial charge in [0.25, 0.3) is 0 Å². The minimum atomic E-state index is -3.84. The van der Waals surface area contributed by atoms with Gasteiger partial charge in [0.1, 0.15) is 10.6 Å². The van der Waals surface area contributed by atoms with Crippen LogP contribution in [0.5, 0.6) is 0 Å². The second-order valence-electron chi connectivity index (χ2n) is 5.53. The van der Waals surface area contributed by atoms with E-state index in [1.807, 2.05) is 0 Å². The molecule has 0 aliphatic carbocycles. The van der Waals surface area contributed by atoms with Gasteiger partial charge in [0.2, 0.25) is 15.9 Å². The fourth-order valence-electron chi connectivity index (χ4n) is 2.50. The first-order chi connectivity index (χ1) is 10.3. The summed E-state index contributed by atoms with van der Waals surface area (Å²) < 4.78 is 31.9. The highest BCUT2D eigenvalue weighted by molar-refractivity contribution is 7.89. The van der Waals surface area contributed by atoms with E-state index in [0.717, 1.165) is 25.9 Å². The van der Waals surface area contributed by atoms with Crippen LogP contribution >= 0.6 is 12.4 Å². The van der Waals surface area contributed by atoms with Crippen molar-refractivity contribution in [2.75, 3.05) is 13.1 Å². The number of aromatic nitrogens is 1. The van der Waals surface area contributed by atoms with Crippen LogP contribution in [0.15, 0.2) is 9.42 Å². The summed E-state index contributed by atoms with van der Waals surface area (Å²) in [6, 6.07) is -0.784. The van der Waals surface area contributed by atoms with Crippen molar-refractivity contribution in [1.82, 2.24) is 20.5 Å². The summed E-state index contributed by atoms with van der Waals surface area (Å²) in [6.07, 6.45) is 1.68. The molecule has 2 heterocycles. The third-order valence-electron chi connectivity index (χ3n) is 3.65. The van der Waals surface area contributed by atoms with Crippen molar-refractivity contribution in [2.24, 2.45) is 0 Å². The first-order valence-corrected chi connectivity index (χ1v) is 8.76. The predicted octanol–water partition coefficient (Wildman–Crippen LogP) is 0.248. The van der Waals surface area contributed by atoms with Gasteiger partial charge in [-0.2, -0.15) is 4.72 Å². The standard InChI is InChI=1S/C13H22N4O4S.ClH/c1-8-12(10(3)21-16-8)22(19,20)17-9(2)13(18)15-11-4-6-14-7-5-11;/h9,11,14,17H,4-7H2,1-3H3,(H,15,18);1H. The zero-order valence-electron chi connectivity index (χ0n) is 13.4. The largest absolute Gasteiger partial charge is 0.360 e. The Balaban J connectivity index is 0.00000264. The summed E-state index contributed by atoms with van der Waals surface area (Å²) in [5, 5.41) is 9.70. The van der Waals surface area contributed by atoms with Crippen LogP contribution in [0.4, 0.5) is 0 Å². The Kier molecular flexibility index (Phi) is 7.00. The van der Waals surface area contributed by atoms with Crippen LogP contribution in [0, 0.1) is 13.8 Å². The summed E-state index contributed by atoms with van der Waals surface area (Å²) in [5.74, 6) is -0.127. The zero-order valence-corrected chi connectivity index (χ0v) is 15.0. The number of amides is 1. The second-order valence-corrected chi connectivity index (χ2v) is 7.18. The summed E-state index contributed by atoms with van der Waals surface area (Å²) in [4.78, 5) is 12.1. The lowest BCUT2D eigenvalue weighted by Crippen LogP contribution is -2.50. The van der Waals surface area contributed by atoms with Gasteiger partial charge in [0.15, 0.2) is 5.76 Å². The summed E-state index contributed by atoms with van der Waals surface area (Å²) in [7, 11) is -3.84. The fourth-order valence-corrected chi connectivity index (χ4v) is 4.03. The number of nitrogens with zero attached hydrogens (tertiary/aromatic N) is 1. The van der Waals surface area contributed by atoms with Crippen molar-refractivity contribution in [3.05, 3.63) is 11.5 Å². The molecule has 23 heavy (non-hydrogen) atoms. The molecule has 0 saturated carbocycles. The molecular formula is C13H23ClN4O4S. The van der Waals surface area contributed by atoms with E-state index in [4.69, 9.17) is 4.52 Å². The number of aryl methyl sites for hydroxylation is 2. The molecule has 1 aliphatic rings. The van der Waals surface area contributed by atoms with Crippen LogP contribution < -0.4 is 15.4 Å². The van der Waals surface area contributed by atoms with Gasteiger partial charge in [-0.25, -0.2) is 8.42 Å². The molecule has 1 aromatic heterocycles. The number of carbonyl (C=O) groups is 1. The molecule has 2 rings (SSSR count). The van der Waals surface area contributed by atoms with Gasteiger partial charge >= 0.3 is 0 Å². The Labute approximate surface area is 142 Å². The third-order valence-corrected chi connectivity index (χ3v) is 5.43. The van der Waals surface area contributed by atoms with Gasteiger partial charge in [-0.05, 0) is 46.7 Å². The number of hydrogen-bond donors (Lipinski definition) is 3. The SMILES string of the molecule is Cc1noc(C)c1S(=O)(=O)NC(C)C(=O)NC1CCNCC1.Cl. The third kappa shape index (κ3) is 4.90. The molecule has 132 valence electrons. The van der Waals surface area contributed by atoms with E-state index in [9.17, 15) is 13.2 Å². The minimum absolute atomic E-state index is 0. The first-order valence-electron chi connectivity index (χ1n) is 7.27. The maximum absolute atomic E-state index is 12.3. The van der Waals surface area contributed by atoms with Crippen molar-refractivity contribution < 1.29 is 17.7 Å². The number of hydrogen-bond acceptors (Lipinski definition) is 6. The number of halogens is 1. The zero-order chi connectivity index (χ0) is 16.3. The molecule has 1 atom stereocenters. The molecule has 0 spiro atoms. The molecule has 3 N–H and O–H groups in total. The second kappa shape index (κ2) is 8.09. The van der Waals surface area contributed by atoms with Gasteiger partial charge < -0.3 is 15.2 Å². The Morgan fingerprint density at radius 3 is 2.48 bits per heavy atom. The van der Waals surface area contributed by atoms with Gasteiger partial charge in [-0.15, -0.1) is 12.4 Å². The highest BCUT2D eigenvalue weighted by Crippen LogP contribution is 2.18. The summed E-state index contributed by atoms with van der Waals surface area (Å²) in [5.41, 5.74) is 0.274. The van der Waals surface area contributed by atoms with Crippen molar-refractivity contribution in [1.29, 1.82) is 0 Å². The molecule has 8 nitrogen and oxygen atoms in total. The van der Waals surface area contributed by atoms with Crippen LogP contribution in [0.3, 0.4) is 0 Å². The average molecular weight is 367 g/mol. The molecular weight excluding hydrogens is 344 g/mol. The normalized spacial score (nSPS) is 17.3. The van der Waals surface area contributed by atoms with E-state index in [1.165, 1.54) is 13.8 Å². The lowest BCUT2D eigenvalue weighted by Gasteiger charge is -2.25. The molecule has 0 bridgehead atoms. The van der Waals surface area contributed by atoms with Gasteiger partial charge in [0.05, 0.1) is 6.04 Å². The lowest BCUT2D eigenvalue weighted by molar-refractivity contribution is -0.123. The number of carbonyl (C=O) groups excluding carboxylic acids is 1. The smallest absolute Gasteiger partial charge is 0.246 e. The topological polar surface area (TPSA) is 113 Å². The Morgan fingerprint density at radius 1 is 1.35 bits per heavy atom. The highest BCUT2D eigenvalue weighted by atomic mass is 35.5. The quantitative estimate of drug-likeness (QED) is 0.688. The van der Waals surface area contributed by atoms with Crippen LogP contribution in [0.1, 0.15) is 31.2 Å². The van der Waals surface area contributed by atoms with Crippen molar-refractivity contribution in [3.63, 3.8) is 0 Å². The molecule has 10 heteroatoms. The van der Waals surface area contributed by atoms with Gasteiger partial charge in [0, 0.05) is 6.04 Å². The van der Waals surface area contributed by atoms with E-state index in [2.05, 4.69) is 20.5 Å². The van der Waals surface area contributed by atoms with Crippen LogP contribution in [-0.4, -0.2) is 44.7 Å². The number of rotatable bonds is 5. The van der Waals surface area contributed by atoms with E-state index in [0.29, 0.717) is 0 Å². The molecule has 0 aromatic carbocycles. The predicted molar refractivity (Wildman–Crippen MR) is 87.0 cm³/mol. The molecule has 1 saturated heterocycles. The summed E-state index contributed by atoms with van der Waals surface area (Å²) >= 11 is 0. The maximum Gasteiger partial charge on any atom is 0.246 e. The van der Waals surface area contributed by atoms with Crippen molar-refractivity contribution in [2.45, 2.75) is 50.6 Å². The molecule has 1 amide bonds. The average Bonchev–Trinajstić information content (AvgIpc) is 2.79. The monoisotopic (exact) mass is 366 g/mol. The number of sulfonamides is 1. The minimum Gasteiger partial charge on any atom is -0.360 e. The molecule has 0 radical (unpaired) electrons. The van der Waals surface area contributed by atoms with Crippen molar-refractivity contribution in [3.8, 4) is 0 Å². The molecule has 1 fully saturated rings. The van der Waals surface area contributed by atoms with Crippen LogP contribution in [-0.2, 0) is 14.8 Å². The van der Waals surface area contributed by atoms with E-state index in [1.54, 1.807) is 6.92 Å². The number of piperidine rings is 1. The summed E-state index contributed by atoms with van der Waals surface area (Å²) in [6.45, 7) is 6.29. The first kappa shape index (κ1) is 19.9. The Morgan fingerprint density at radius 2 is 1.96 bits per heavy atom. The maximum atomic E-state index is 12.3. The molecule has 1 unspecified atom stereocenters. The Hall–Kier alpha value is -1.16. The van der Waals surface area contributed by atoms with Gasteiger partial charge in [-0.1, -0.05) is 5.16 Å². The lowest BCUT2D eigenvalue weighted by atomic mass is 10.1. The highest BCUT2D eigenvalue weighted by Gasteiger charge is 2.29. The number of nitrogens with one attached hydrogen (secondary N) is 3. The van der Waals surface area contributed by atoms with Gasteiger partial charge in [-0.3, -0.25) is 4.79 Å². The van der Waals surface area contributed by atoms with E-state index in [-0.39, 0.29) is 40.7 Å².